The van der Waals surface area contributed by atoms with Crippen LogP contribution in [-0.4, -0.2) is 56.0 Å². The van der Waals surface area contributed by atoms with E-state index in [0.717, 1.165) is 32.1 Å². The maximum Gasteiger partial charge on any atom is 0.216 e. The Hall–Kier alpha value is -0.170. The number of aliphatic hydroxyl groups is 1. The first-order valence-corrected chi connectivity index (χ1v) is 9.20. The van der Waals surface area contributed by atoms with Gasteiger partial charge < -0.3 is 9.84 Å². The number of rotatable bonds is 5. The van der Waals surface area contributed by atoms with Crippen LogP contribution in [-0.2, 0) is 14.8 Å². The van der Waals surface area contributed by atoms with Crippen molar-refractivity contribution in [1.29, 1.82) is 0 Å². The molecule has 2 unspecified atom stereocenters. The quantitative estimate of drug-likeness (QED) is 0.833. The van der Waals surface area contributed by atoms with Gasteiger partial charge in [0.05, 0.1) is 18.0 Å². The van der Waals surface area contributed by atoms with E-state index < -0.39 is 16.1 Å². The van der Waals surface area contributed by atoms with E-state index in [-0.39, 0.29) is 23.8 Å². The van der Waals surface area contributed by atoms with Gasteiger partial charge in [0.1, 0.15) is 0 Å². The van der Waals surface area contributed by atoms with Crippen LogP contribution in [0.1, 0.15) is 45.4 Å². The van der Waals surface area contributed by atoms with Crippen LogP contribution in [0, 0.1) is 5.41 Å². The van der Waals surface area contributed by atoms with Crippen LogP contribution in [0.4, 0.5) is 0 Å². The molecule has 0 aromatic heterocycles. The Morgan fingerprint density at radius 2 is 2.05 bits per heavy atom. The smallest absolute Gasteiger partial charge is 0.216 e. The summed E-state index contributed by atoms with van der Waals surface area (Å²) < 4.78 is 31.8. The van der Waals surface area contributed by atoms with Gasteiger partial charge in [-0.1, -0.05) is 19.8 Å². The first-order valence-electron chi connectivity index (χ1n) is 7.59. The van der Waals surface area contributed by atoms with Crippen LogP contribution in [0.2, 0.25) is 0 Å². The Kier molecular flexibility index (Phi) is 5.10. The average molecular weight is 305 g/mol. The third-order valence-electron chi connectivity index (χ3n) is 4.84. The summed E-state index contributed by atoms with van der Waals surface area (Å²) in [4.78, 5) is 0. The molecule has 1 saturated carbocycles. The molecule has 2 rings (SSSR count). The second kappa shape index (κ2) is 6.30. The third kappa shape index (κ3) is 3.53. The highest BCUT2D eigenvalue weighted by atomic mass is 32.2. The van der Waals surface area contributed by atoms with E-state index in [1.54, 1.807) is 7.11 Å². The molecule has 0 amide bonds. The van der Waals surface area contributed by atoms with E-state index in [1.807, 2.05) is 6.92 Å². The zero-order chi connectivity index (χ0) is 14.8. The number of hydrogen-bond acceptors (Lipinski definition) is 4. The molecule has 2 fully saturated rings. The Morgan fingerprint density at radius 1 is 1.40 bits per heavy atom. The Balaban J connectivity index is 2.10. The predicted molar refractivity (Wildman–Crippen MR) is 78.0 cm³/mol. The maximum absolute atomic E-state index is 12.5. The van der Waals surface area contributed by atoms with Crippen LogP contribution in [0.15, 0.2) is 0 Å². The standard InChI is InChI=1S/C14H27NO4S/c1-3-13(19-2)10-20(17,18)15-9-12(16)8-14(11-15)6-4-5-7-14/h12-13,16H,3-11H2,1-2H3. The summed E-state index contributed by atoms with van der Waals surface area (Å²) in [6.45, 7) is 2.74. The largest absolute Gasteiger partial charge is 0.392 e. The highest BCUT2D eigenvalue weighted by Crippen LogP contribution is 2.45. The van der Waals surface area contributed by atoms with E-state index in [4.69, 9.17) is 4.74 Å². The van der Waals surface area contributed by atoms with E-state index in [1.165, 1.54) is 4.31 Å². The second-order valence-electron chi connectivity index (χ2n) is 6.40. The molecule has 1 spiro atoms. The van der Waals surface area contributed by atoms with Gasteiger partial charge in [0.15, 0.2) is 0 Å². The zero-order valence-electron chi connectivity index (χ0n) is 12.5. The SMILES string of the molecule is CCC(CS(=O)(=O)N1CC(O)CC2(CCCC2)C1)OC. The average Bonchev–Trinajstić information content (AvgIpc) is 2.82. The van der Waals surface area contributed by atoms with Crippen molar-refractivity contribution in [3.63, 3.8) is 0 Å². The van der Waals surface area contributed by atoms with Gasteiger partial charge in [-0.05, 0) is 31.1 Å². The second-order valence-corrected chi connectivity index (χ2v) is 8.42. The number of sulfonamides is 1. The molecule has 1 aliphatic carbocycles. The lowest BCUT2D eigenvalue weighted by molar-refractivity contribution is 0.0260. The van der Waals surface area contributed by atoms with Crippen molar-refractivity contribution in [2.75, 3.05) is 26.0 Å². The minimum atomic E-state index is -3.35. The van der Waals surface area contributed by atoms with E-state index in [0.29, 0.717) is 13.0 Å². The van der Waals surface area contributed by atoms with Crippen LogP contribution in [0.25, 0.3) is 0 Å². The molecule has 2 aliphatic rings. The number of β-amino-alcohol motifs (C(OH)–C–C–N with tert-alkyl or cyclic N) is 1. The van der Waals surface area contributed by atoms with Crippen molar-refractivity contribution in [3.8, 4) is 0 Å². The molecule has 2 atom stereocenters. The van der Waals surface area contributed by atoms with Gasteiger partial charge >= 0.3 is 0 Å². The summed E-state index contributed by atoms with van der Waals surface area (Å²) in [5.74, 6) is 0.0167. The van der Waals surface area contributed by atoms with Gasteiger partial charge in [-0.15, -0.1) is 0 Å². The van der Waals surface area contributed by atoms with E-state index in [2.05, 4.69) is 0 Å². The molecule has 0 radical (unpaired) electrons. The molecule has 0 aromatic rings. The minimum absolute atomic E-state index is 0.0134. The normalized spacial score (nSPS) is 28.9. The van der Waals surface area contributed by atoms with Crippen molar-refractivity contribution in [2.24, 2.45) is 5.41 Å². The molecule has 5 nitrogen and oxygen atoms in total. The highest BCUT2D eigenvalue weighted by molar-refractivity contribution is 7.89. The lowest BCUT2D eigenvalue weighted by Crippen LogP contribution is -2.52. The summed E-state index contributed by atoms with van der Waals surface area (Å²) in [7, 11) is -1.81. The summed E-state index contributed by atoms with van der Waals surface area (Å²) in [5, 5.41) is 10.1. The fraction of sp³-hybridized carbons (Fsp3) is 1.00. The van der Waals surface area contributed by atoms with E-state index >= 15 is 0 Å². The topological polar surface area (TPSA) is 66.8 Å². The monoisotopic (exact) mass is 305 g/mol. The minimum Gasteiger partial charge on any atom is -0.392 e. The van der Waals surface area contributed by atoms with Crippen LogP contribution >= 0.6 is 0 Å². The number of ether oxygens (including phenoxy) is 1. The predicted octanol–water partition coefficient (Wildman–Crippen LogP) is 1.37. The number of hydrogen-bond donors (Lipinski definition) is 1. The van der Waals surface area contributed by atoms with Gasteiger partial charge in [-0.2, -0.15) is 4.31 Å². The number of nitrogens with zero attached hydrogens (tertiary/aromatic N) is 1. The number of methoxy groups -OCH3 is 1. The first kappa shape index (κ1) is 16.2. The fourth-order valence-corrected chi connectivity index (χ4v) is 5.62. The summed E-state index contributed by atoms with van der Waals surface area (Å²) in [6, 6.07) is 0. The molecular formula is C14H27NO4S. The van der Waals surface area contributed by atoms with Crippen LogP contribution in [0.3, 0.4) is 0 Å². The number of aliphatic hydroxyl groups excluding tert-OH is 1. The lowest BCUT2D eigenvalue weighted by Gasteiger charge is -2.42. The van der Waals surface area contributed by atoms with Crippen molar-refractivity contribution < 1.29 is 18.3 Å². The van der Waals surface area contributed by atoms with Crippen molar-refractivity contribution in [3.05, 3.63) is 0 Å². The highest BCUT2D eigenvalue weighted by Gasteiger charge is 2.44. The van der Waals surface area contributed by atoms with Crippen molar-refractivity contribution in [2.45, 2.75) is 57.7 Å². The lowest BCUT2D eigenvalue weighted by atomic mass is 9.78. The van der Waals surface area contributed by atoms with Gasteiger partial charge in [-0.3, -0.25) is 0 Å². The third-order valence-corrected chi connectivity index (χ3v) is 6.70. The van der Waals surface area contributed by atoms with Gasteiger partial charge in [0, 0.05) is 20.2 Å². The molecule has 1 heterocycles. The van der Waals surface area contributed by atoms with Gasteiger partial charge in [0.2, 0.25) is 10.0 Å². The van der Waals surface area contributed by atoms with Crippen molar-refractivity contribution >= 4 is 10.0 Å². The zero-order valence-corrected chi connectivity index (χ0v) is 13.4. The van der Waals surface area contributed by atoms with Crippen LogP contribution < -0.4 is 0 Å². The molecule has 1 N–H and O–H groups in total. The molecule has 6 heteroatoms. The molecule has 1 aliphatic heterocycles. The molecule has 118 valence electrons. The summed E-state index contributed by atoms with van der Waals surface area (Å²) >= 11 is 0. The Labute approximate surface area is 122 Å². The Morgan fingerprint density at radius 3 is 2.60 bits per heavy atom. The molecule has 20 heavy (non-hydrogen) atoms. The van der Waals surface area contributed by atoms with E-state index in [9.17, 15) is 13.5 Å². The fourth-order valence-electron chi connectivity index (χ4n) is 3.69. The van der Waals surface area contributed by atoms with Crippen molar-refractivity contribution in [1.82, 2.24) is 4.31 Å². The molecule has 0 bridgehead atoms. The first-order chi connectivity index (χ1) is 9.41. The van der Waals surface area contributed by atoms with Crippen LogP contribution in [0.5, 0.6) is 0 Å². The molecular weight excluding hydrogens is 278 g/mol. The summed E-state index contributed by atoms with van der Waals surface area (Å²) in [6.07, 6.45) is 5.01. The molecule has 0 aromatic carbocycles. The molecule has 1 saturated heterocycles. The summed E-state index contributed by atoms with van der Waals surface area (Å²) in [5.41, 5.74) is 0.0134. The Bertz CT molecular complexity index is 413. The number of piperidine rings is 1. The van der Waals surface area contributed by atoms with Gasteiger partial charge in [0.25, 0.3) is 0 Å². The maximum atomic E-state index is 12.5. The van der Waals surface area contributed by atoms with Gasteiger partial charge in [-0.25, -0.2) is 8.42 Å².